The Morgan fingerprint density at radius 1 is 1.12 bits per heavy atom. The van der Waals surface area contributed by atoms with Crippen LogP contribution in [0, 0.1) is 11.8 Å². The van der Waals surface area contributed by atoms with E-state index in [2.05, 4.69) is 14.9 Å². The molecule has 1 aromatic carbocycles. The zero-order valence-electron chi connectivity index (χ0n) is 14.2. The van der Waals surface area contributed by atoms with E-state index >= 15 is 0 Å². The van der Waals surface area contributed by atoms with Crippen LogP contribution in [0.3, 0.4) is 0 Å². The van der Waals surface area contributed by atoms with Crippen molar-refractivity contribution in [2.24, 2.45) is 11.8 Å². The lowest BCUT2D eigenvalue weighted by Gasteiger charge is -2.17. The van der Waals surface area contributed by atoms with E-state index in [1.807, 2.05) is 24.3 Å². The lowest BCUT2D eigenvalue weighted by molar-refractivity contribution is 0.147. The monoisotopic (exact) mass is 341 g/mol. The molecule has 0 saturated carbocycles. The molecule has 4 rings (SSSR count). The van der Waals surface area contributed by atoms with Crippen molar-refractivity contribution in [3.05, 3.63) is 42.2 Å². The average Bonchev–Trinajstić information content (AvgIpc) is 3.24. The summed E-state index contributed by atoms with van der Waals surface area (Å²) in [5.74, 6) is 2.90. The topological polar surface area (TPSA) is 67.7 Å². The Morgan fingerprint density at radius 3 is 2.60 bits per heavy atom. The van der Waals surface area contributed by atoms with Crippen molar-refractivity contribution in [2.75, 3.05) is 39.5 Å². The summed E-state index contributed by atoms with van der Waals surface area (Å²) >= 11 is 0. The second kappa shape index (κ2) is 7.47. The highest BCUT2D eigenvalue weighted by Gasteiger charge is 2.36. The molecule has 0 radical (unpaired) electrons. The van der Waals surface area contributed by atoms with Gasteiger partial charge in [-0.1, -0.05) is 0 Å². The highest BCUT2D eigenvalue weighted by atomic mass is 16.5. The number of ether oxygens (including phenoxy) is 2. The quantitative estimate of drug-likeness (QED) is 0.861. The van der Waals surface area contributed by atoms with Gasteiger partial charge in [-0.05, 0) is 30.3 Å². The molecule has 132 valence electrons. The summed E-state index contributed by atoms with van der Waals surface area (Å²) in [6.45, 7) is 5.66. The molecule has 2 aromatic rings. The van der Waals surface area contributed by atoms with E-state index in [-0.39, 0.29) is 6.61 Å². The van der Waals surface area contributed by atoms with Gasteiger partial charge in [0.2, 0.25) is 0 Å². The molecule has 1 N–H and O–H groups in total. The van der Waals surface area contributed by atoms with Crippen molar-refractivity contribution >= 4 is 0 Å². The Kier molecular flexibility index (Phi) is 4.92. The van der Waals surface area contributed by atoms with Crippen LogP contribution >= 0.6 is 0 Å². The second-order valence-electron chi connectivity index (χ2n) is 6.72. The molecule has 6 heteroatoms. The first-order valence-corrected chi connectivity index (χ1v) is 8.78. The minimum atomic E-state index is -0.0823. The van der Waals surface area contributed by atoms with Gasteiger partial charge in [0, 0.05) is 43.2 Å². The molecular formula is C19H23N3O3. The third kappa shape index (κ3) is 3.81. The summed E-state index contributed by atoms with van der Waals surface area (Å²) in [6.07, 6.45) is 1.66. The molecule has 0 bridgehead atoms. The number of aliphatic hydroxyl groups excluding tert-OH is 1. The molecule has 0 spiro atoms. The predicted molar refractivity (Wildman–Crippen MR) is 93.1 cm³/mol. The number of benzene rings is 1. The number of rotatable bonds is 6. The maximum atomic E-state index is 9.17. The molecule has 0 amide bonds. The Balaban J connectivity index is 1.29. The van der Waals surface area contributed by atoms with Gasteiger partial charge in [-0.2, -0.15) is 0 Å². The normalized spacial score (nSPS) is 22.9. The largest absolute Gasteiger partial charge is 0.492 e. The minimum absolute atomic E-state index is 0.0823. The fourth-order valence-corrected chi connectivity index (χ4v) is 3.58. The maximum absolute atomic E-state index is 9.17. The molecule has 0 unspecified atom stereocenters. The van der Waals surface area contributed by atoms with Crippen LogP contribution in [-0.4, -0.2) is 59.4 Å². The molecule has 2 aliphatic rings. The summed E-state index contributed by atoms with van der Waals surface area (Å²) in [5, 5.41) is 9.17. The first-order chi connectivity index (χ1) is 12.3. The number of fused-ring (bicyclic) bond motifs is 1. The Bertz CT molecular complexity index is 695. The van der Waals surface area contributed by atoms with Crippen molar-refractivity contribution in [3.63, 3.8) is 0 Å². The zero-order chi connectivity index (χ0) is 17.1. The van der Waals surface area contributed by atoms with Crippen LogP contribution in [0.15, 0.2) is 36.5 Å². The minimum Gasteiger partial charge on any atom is -0.492 e. The van der Waals surface area contributed by atoms with Crippen LogP contribution in [0.4, 0.5) is 0 Å². The van der Waals surface area contributed by atoms with E-state index in [4.69, 9.17) is 9.47 Å². The number of nitrogens with zero attached hydrogens (tertiary/aromatic N) is 3. The predicted octanol–water partition coefficient (Wildman–Crippen LogP) is 1.59. The van der Waals surface area contributed by atoms with Crippen molar-refractivity contribution in [1.29, 1.82) is 0 Å². The number of aromatic nitrogens is 2. The number of hydrogen-bond donors (Lipinski definition) is 1. The van der Waals surface area contributed by atoms with Crippen molar-refractivity contribution in [1.82, 2.24) is 14.9 Å². The van der Waals surface area contributed by atoms with Gasteiger partial charge in [0.25, 0.3) is 0 Å². The third-order valence-corrected chi connectivity index (χ3v) is 4.98. The summed E-state index contributed by atoms with van der Waals surface area (Å²) in [7, 11) is 0. The van der Waals surface area contributed by atoms with Gasteiger partial charge < -0.3 is 14.6 Å². The van der Waals surface area contributed by atoms with Crippen LogP contribution in [0.25, 0.3) is 11.4 Å². The molecule has 2 saturated heterocycles. The summed E-state index contributed by atoms with van der Waals surface area (Å²) in [6, 6.07) is 9.49. The van der Waals surface area contributed by atoms with Crippen LogP contribution in [0.5, 0.6) is 5.75 Å². The van der Waals surface area contributed by atoms with E-state index in [1.165, 1.54) is 0 Å². The number of likely N-dealkylation sites (tertiary alicyclic amines) is 1. The van der Waals surface area contributed by atoms with Gasteiger partial charge >= 0.3 is 0 Å². The number of hydrogen-bond acceptors (Lipinski definition) is 6. The highest BCUT2D eigenvalue weighted by Crippen LogP contribution is 2.28. The second-order valence-corrected chi connectivity index (χ2v) is 6.72. The van der Waals surface area contributed by atoms with Gasteiger partial charge in [0.05, 0.1) is 25.5 Å². The number of aliphatic hydroxyl groups is 1. The van der Waals surface area contributed by atoms with Gasteiger partial charge in [-0.15, -0.1) is 0 Å². The molecule has 25 heavy (non-hydrogen) atoms. The molecule has 3 heterocycles. The zero-order valence-corrected chi connectivity index (χ0v) is 14.2. The summed E-state index contributed by atoms with van der Waals surface area (Å²) in [5.41, 5.74) is 1.53. The molecule has 0 aliphatic carbocycles. The van der Waals surface area contributed by atoms with Crippen molar-refractivity contribution in [2.45, 2.75) is 6.61 Å². The van der Waals surface area contributed by atoms with Gasteiger partial charge in [0.15, 0.2) is 5.82 Å². The SMILES string of the molecule is OCc1ccnc(-c2ccc(OCCN3C[C@H]4COC[C@H]4C3)cc2)n1. The summed E-state index contributed by atoms with van der Waals surface area (Å²) < 4.78 is 11.4. The van der Waals surface area contributed by atoms with Crippen LogP contribution in [0.2, 0.25) is 0 Å². The standard InChI is InChI=1S/C19H23N3O3/c23-11-17-5-6-20-19(21-17)14-1-3-18(4-2-14)25-8-7-22-9-15-12-24-13-16(15)10-22/h1-6,15-16,23H,7-13H2/t15-,16+. The lowest BCUT2D eigenvalue weighted by atomic mass is 10.0. The Morgan fingerprint density at radius 2 is 1.88 bits per heavy atom. The van der Waals surface area contributed by atoms with Crippen molar-refractivity contribution in [3.8, 4) is 17.1 Å². The van der Waals surface area contributed by atoms with E-state index in [1.54, 1.807) is 12.3 Å². The van der Waals surface area contributed by atoms with E-state index < -0.39 is 0 Å². The fourth-order valence-electron chi connectivity index (χ4n) is 3.58. The first kappa shape index (κ1) is 16.4. The smallest absolute Gasteiger partial charge is 0.159 e. The molecule has 2 fully saturated rings. The Hall–Kier alpha value is -2.02. The first-order valence-electron chi connectivity index (χ1n) is 8.78. The molecule has 6 nitrogen and oxygen atoms in total. The van der Waals surface area contributed by atoms with Crippen LogP contribution in [-0.2, 0) is 11.3 Å². The van der Waals surface area contributed by atoms with Gasteiger partial charge in [-0.25, -0.2) is 9.97 Å². The third-order valence-electron chi connectivity index (χ3n) is 4.98. The van der Waals surface area contributed by atoms with E-state index in [0.29, 0.717) is 30.0 Å². The van der Waals surface area contributed by atoms with Crippen LogP contribution in [0.1, 0.15) is 5.69 Å². The van der Waals surface area contributed by atoms with E-state index in [0.717, 1.165) is 44.2 Å². The highest BCUT2D eigenvalue weighted by molar-refractivity contribution is 5.56. The average molecular weight is 341 g/mol. The fraction of sp³-hybridized carbons (Fsp3) is 0.474. The van der Waals surface area contributed by atoms with Crippen molar-refractivity contribution < 1.29 is 14.6 Å². The van der Waals surface area contributed by atoms with Crippen LogP contribution < -0.4 is 4.74 Å². The summed E-state index contributed by atoms with van der Waals surface area (Å²) in [4.78, 5) is 11.0. The Labute approximate surface area is 147 Å². The maximum Gasteiger partial charge on any atom is 0.159 e. The molecular weight excluding hydrogens is 318 g/mol. The molecule has 2 atom stereocenters. The van der Waals surface area contributed by atoms with Gasteiger partial charge in [-0.3, -0.25) is 4.90 Å². The van der Waals surface area contributed by atoms with E-state index in [9.17, 15) is 5.11 Å². The van der Waals surface area contributed by atoms with Gasteiger partial charge in [0.1, 0.15) is 12.4 Å². The lowest BCUT2D eigenvalue weighted by Crippen LogP contribution is -2.27. The molecule has 1 aromatic heterocycles. The molecule has 2 aliphatic heterocycles.